The number of aromatic nitrogens is 2. The van der Waals surface area contributed by atoms with E-state index in [4.69, 9.17) is 5.73 Å². The van der Waals surface area contributed by atoms with E-state index < -0.39 is 0 Å². The van der Waals surface area contributed by atoms with Crippen LogP contribution >= 0.6 is 12.4 Å². The molecule has 0 aliphatic heterocycles. The highest BCUT2D eigenvalue weighted by Crippen LogP contribution is 2.06. The highest BCUT2D eigenvalue weighted by molar-refractivity contribution is 5.95. The molecule has 1 aromatic heterocycles. The van der Waals surface area contributed by atoms with E-state index in [1.807, 2.05) is 6.92 Å². The first-order valence-corrected chi connectivity index (χ1v) is 6.09. The zero-order valence-electron chi connectivity index (χ0n) is 11.3. The van der Waals surface area contributed by atoms with Crippen molar-refractivity contribution in [2.24, 2.45) is 12.8 Å². The van der Waals surface area contributed by atoms with Gasteiger partial charge in [0.2, 0.25) is 0 Å². The van der Waals surface area contributed by atoms with Gasteiger partial charge >= 0.3 is 0 Å². The molecular formula is C12H23ClN4O. The van der Waals surface area contributed by atoms with E-state index in [1.54, 1.807) is 17.9 Å². The zero-order chi connectivity index (χ0) is 12.8. The molecule has 6 heteroatoms. The first-order chi connectivity index (χ1) is 8.08. The van der Waals surface area contributed by atoms with Crippen molar-refractivity contribution < 1.29 is 4.79 Å². The average molecular weight is 275 g/mol. The number of carbonyl (C=O) groups excluding carboxylic acids is 1. The molecule has 5 nitrogen and oxygen atoms in total. The van der Waals surface area contributed by atoms with Crippen LogP contribution in [0.5, 0.6) is 0 Å². The Morgan fingerprint density at radius 2 is 2.28 bits per heavy atom. The number of nitrogens with two attached hydrogens (primary N) is 1. The second-order valence-electron chi connectivity index (χ2n) is 4.35. The van der Waals surface area contributed by atoms with Crippen molar-refractivity contribution >= 4 is 18.3 Å². The van der Waals surface area contributed by atoms with Crippen LogP contribution < -0.4 is 11.1 Å². The summed E-state index contributed by atoms with van der Waals surface area (Å²) in [6.45, 7) is 4.43. The van der Waals surface area contributed by atoms with E-state index in [2.05, 4.69) is 17.3 Å². The largest absolute Gasteiger partial charge is 0.348 e. The van der Waals surface area contributed by atoms with Crippen molar-refractivity contribution in [2.45, 2.75) is 39.2 Å². The van der Waals surface area contributed by atoms with E-state index in [9.17, 15) is 4.79 Å². The maximum Gasteiger partial charge on any atom is 0.255 e. The Balaban J connectivity index is 0.00000289. The van der Waals surface area contributed by atoms with Gasteiger partial charge in [-0.25, -0.2) is 0 Å². The number of hydrogen-bond acceptors (Lipinski definition) is 3. The molecule has 0 spiro atoms. The average Bonchev–Trinajstić information content (AvgIpc) is 2.63. The van der Waals surface area contributed by atoms with Crippen LogP contribution in [0.4, 0.5) is 0 Å². The Hall–Kier alpha value is -1.07. The number of nitrogens with zero attached hydrogens (tertiary/aromatic N) is 2. The first-order valence-electron chi connectivity index (χ1n) is 6.09. The second kappa shape index (κ2) is 8.11. The van der Waals surface area contributed by atoms with Crippen LogP contribution in [0.1, 0.15) is 42.2 Å². The number of rotatable bonds is 6. The third kappa shape index (κ3) is 4.66. The van der Waals surface area contributed by atoms with Crippen LogP contribution in [0.15, 0.2) is 6.20 Å². The lowest BCUT2D eigenvalue weighted by molar-refractivity contribution is 0.0935. The minimum atomic E-state index is -0.0813. The maximum atomic E-state index is 12.0. The Morgan fingerprint density at radius 1 is 1.61 bits per heavy atom. The summed E-state index contributed by atoms with van der Waals surface area (Å²) in [6, 6.07) is 0.0575. The number of hydrogen-bond donors (Lipinski definition) is 2. The molecule has 1 rings (SSSR count). The van der Waals surface area contributed by atoms with E-state index >= 15 is 0 Å². The third-order valence-corrected chi connectivity index (χ3v) is 2.78. The summed E-state index contributed by atoms with van der Waals surface area (Å²) in [5.74, 6) is -0.0813. The Bertz CT molecular complexity index is 378. The Kier molecular flexibility index (Phi) is 7.62. The lowest BCUT2D eigenvalue weighted by Gasteiger charge is -2.15. The number of nitrogens with one attached hydrogen (secondary N) is 1. The second-order valence-corrected chi connectivity index (χ2v) is 4.35. The minimum absolute atomic E-state index is 0. The molecule has 1 atom stereocenters. The molecule has 0 aliphatic carbocycles. The molecule has 0 saturated heterocycles. The monoisotopic (exact) mass is 274 g/mol. The molecule has 0 aliphatic rings. The standard InChI is InChI=1S/C12H22N4O.ClH/c1-4-5-6-10(7-13)14-12(17)11-8-16(3)15-9(11)2;/h8,10H,4-7,13H2,1-3H3,(H,14,17);1H. The van der Waals surface area contributed by atoms with Gasteiger partial charge in [-0.3, -0.25) is 9.48 Å². The van der Waals surface area contributed by atoms with Gasteiger partial charge < -0.3 is 11.1 Å². The lowest BCUT2D eigenvalue weighted by atomic mass is 10.1. The van der Waals surface area contributed by atoms with Gasteiger partial charge in [0, 0.05) is 25.8 Å². The molecular weight excluding hydrogens is 252 g/mol. The third-order valence-electron chi connectivity index (χ3n) is 2.78. The SMILES string of the molecule is CCCCC(CN)NC(=O)c1cn(C)nc1C.Cl. The fraction of sp³-hybridized carbons (Fsp3) is 0.667. The molecule has 0 bridgehead atoms. The van der Waals surface area contributed by atoms with Gasteiger partial charge in [-0.1, -0.05) is 19.8 Å². The predicted octanol–water partition coefficient (Wildman–Crippen LogP) is 1.40. The fourth-order valence-electron chi connectivity index (χ4n) is 1.79. The molecule has 0 aromatic carbocycles. The van der Waals surface area contributed by atoms with Crippen molar-refractivity contribution in [1.82, 2.24) is 15.1 Å². The minimum Gasteiger partial charge on any atom is -0.348 e. The fourth-order valence-corrected chi connectivity index (χ4v) is 1.79. The Morgan fingerprint density at radius 3 is 2.72 bits per heavy atom. The maximum absolute atomic E-state index is 12.0. The Labute approximate surface area is 115 Å². The molecule has 1 unspecified atom stereocenters. The summed E-state index contributed by atoms with van der Waals surface area (Å²) in [5, 5.41) is 7.11. The van der Waals surface area contributed by atoms with Crippen molar-refractivity contribution in [3.8, 4) is 0 Å². The van der Waals surface area contributed by atoms with Gasteiger partial charge in [-0.05, 0) is 13.3 Å². The number of unbranched alkanes of at least 4 members (excludes halogenated alkanes) is 1. The van der Waals surface area contributed by atoms with Gasteiger partial charge in [-0.15, -0.1) is 12.4 Å². The van der Waals surface area contributed by atoms with E-state index in [-0.39, 0.29) is 24.4 Å². The highest BCUT2D eigenvalue weighted by atomic mass is 35.5. The van der Waals surface area contributed by atoms with Gasteiger partial charge in [0.1, 0.15) is 0 Å². The summed E-state index contributed by atoms with van der Waals surface area (Å²) >= 11 is 0. The van der Waals surface area contributed by atoms with Crippen molar-refractivity contribution in [1.29, 1.82) is 0 Å². The quantitative estimate of drug-likeness (QED) is 0.824. The summed E-state index contributed by atoms with van der Waals surface area (Å²) in [6.07, 6.45) is 4.85. The van der Waals surface area contributed by atoms with Crippen LogP contribution in [0.3, 0.4) is 0 Å². The smallest absolute Gasteiger partial charge is 0.255 e. The van der Waals surface area contributed by atoms with Crippen LogP contribution in [0.2, 0.25) is 0 Å². The van der Waals surface area contributed by atoms with Gasteiger partial charge in [0.05, 0.1) is 11.3 Å². The summed E-state index contributed by atoms with van der Waals surface area (Å²) in [4.78, 5) is 12.0. The molecule has 1 aromatic rings. The van der Waals surface area contributed by atoms with Crippen LogP contribution in [-0.4, -0.2) is 28.3 Å². The van der Waals surface area contributed by atoms with Crippen molar-refractivity contribution in [2.75, 3.05) is 6.54 Å². The highest BCUT2D eigenvalue weighted by Gasteiger charge is 2.15. The topological polar surface area (TPSA) is 72.9 Å². The lowest BCUT2D eigenvalue weighted by Crippen LogP contribution is -2.40. The van der Waals surface area contributed by atoms with Crippen molar-refractivity contribution in [3.63, 3.8) is 0 Å². The summed E-state index contributed by atoms with van der Waals surface area (Å²) < 4.78 is 1.65. The molecule has 1 heterocycles. The van der Waals surface area contributed by atoms with Crippen molar-refractivity contribution in [3.05, 3.63) is 17.5 Å². The van der Waals surface area contributed by atoms with E-state index in [1.165, 1.54) is 0 Å². The van der Waals surface area contributed by atoms with Crippen LogP contribution in [-0.2, 0) is 7.05 Å². The van der Waals surface area contributed by atoms with E-state index in [0.29, 0.717) is 12.1 Å². The summed E-state index contributed by atoms with van der Waals surface area (Å²) in [5.41, 5.74) is 7.02. The van der Waals surface area contributed by atoms with Crippen LogP contribution in [0, 0.1) is 6.92 Å². The number of aryl methyl sites for hydroxylation is 2. The number of amides is 1. The first kappa shape index (κ1) is 16.9. The number of halogens is 1. The zero-order valence-corrected chi connectivity index (χ0v) is 12.1. The molecule has 0 fully saturated rings. The van der Waals surface area contributed by atoms with Gasteiger partial charge in [-0.2, -0.15) is 5.10 Å². The number of carbonyl (C=O) groups is 1. The van der Waals surface area contributed by atoms with Crippen LogP contribution in [0.25, 0.3) is 0 Å². The summed E-state index contributed by atoms with van der Waals surface area (Å²) in [7, 11) is 1.81. The molecule has 0 saturated carbocycles. The van der Waals surface area contributed by atoms with Gasteiger partial charge in [0.25, 0.3) is 5.91 Å². The molecule has 1 amide bonds. The molecule has 3 N–H and O–H groups in total. The predicted molar refractivity (Wildman–Crippen MR) is 75.0 cm³/mol. The molecule has 18 heavy (non-hydrogen) atoms. The molecule has 104 valence electrons. The molecule has 0 radical (unpaired) electrons. The van der Waals surface area contributed by atoms with E-state index in [0.717, 1.165) is 25.0 Å². The normalized spacial score (nSPS) is 11.8. The van der Waals surface area contributed by atoms with Gasteiger partial charge in [0.15, 0.2) is 0 Å².